The molecular formula is C15H12Cl2S. The number of halogens is 2. The second kappa shape index (κ2) is 4.80. The van der Waals surface area contributed by atoms with E-state index in [-0.39, 0.29) is 14.8 Å². The molecule has 0 nitrogen and oxygen atoms in total. The molecule has 1 heterocycles. The van der Waals surface area contributed by atoms with E-state index in [0.29, 0.717) is 0 Å². The fourth-order valence-corrected chi connectivity index (χ4v) is 4.92. The molecule has 0 saturated carbocycles. The molecule has 0 aliphatic carbocycles. The lowest BCUT2D eigenvalue weighted by Gasteiger charge is -2.49. The summed E-state index contributed by atoms with van der Waals surface area (Å²) >= 11 is 14.5. The second-order valence-electron chi connectivity index (χ2n) is 4.34. The van der Waals surface area contributed by atoms with Crippen molar-refractivity contribution in [3.05, 3.63) is 71.8 Å². The van der Waals surface area contributed by atoms with Crippen LogP contribution in [0, 0.1) is 0 Å². The van der Waals surface area contributed by atoms with E-state index in [9.17, 15) is 0 Å². The van der Waals surface area contributed by atoms with Crippen LogP contribution in [0.2, 0.25) is 0 Å². The molecule has 0 radical (unpaired) electrons. The molecular weight excluding hydrogens is 283 g/mol. The smallest absolute Gasteiger partial charge is 0.0985 e. The van der Waals surface area contributed by atoms with Crippen LogP contribution in [-0.4, -0.2) is 10.1 Å². The zero-order chi connectivity index (χ0) is 12.6. The molecule has 0 unspecified atom stereocenters. The van der Waals surface area contributed by atoms with Crippen molar-refractivity contribution in [2.24, 2.45) is 0 Å². The number of hydrogen-bond acceptors (Lipinski definition) is 1. The van der Waals surface area contributed by atoms with Crippen molar-refractivity contribution in [3.63, 3.8) is 0 Å². The normalized spacial score (nSPS) is 25.4. The van der Waals surface area contributed by atoms with Crippen LogP contribution in [-0.2, 0) is 4.75 Å². The highest BCUT2D eigenvalue weighted by Gasteiger charge is 2.55. The first-order chi connectivity index (χ1) is 8.75. The molecule has 1 saturated heterocycles. The van der Waals surface area contributed by atoms with Crippen molar-refractivity contribution in [1.29, 1.82) is 0 Å². The summed E-state index contributed by atoms with van der Waals surface area (Å²) in [6, 6.07) is 20.7. The highest BCUT2D eigenvalue weighted by molar-refractivity contribution is 8.04. The Hall–Kier alpha value is -0.630. The molecule has 2 aromatic carbocycles. The van der Waals surface area contributed by atoms with Crippen LogP contribution < -0.4 is 0 Å². The number of alkyl halides is 2. The molecule has 2 atom stereocenters. The van der Waals surface area contributed by atoms with Crippen LogP contribution in [0.5, 0.6) is 0 Å². The average molecular weight is 295 g/mol. The molecule has 0 spiro atoms. The van der Waals surface area contributed by atoms with Gasteiger partial charge in [-0.2, -0.15) is 0 Å². The van der Waals surface area contributed by atoms with E-state index in [1.807, 2.05) is 36.4 Å². The lowest BCUT2D eigenvalue weighted by molar-refractivity contribution is 0.656. The van der Waals surface area contributed by atoms with Gasteiger partial charge < -0.3 is 0 Å². The quantitative estimate of drug-likeness (QED) is 0.714. The molecule has 2 aromatic rings. The van der Waals surface area contributed by atoms with Crippen molar-refractivity contribution >= 4 is 35.0 Å². The van der Waals surface area contributed by atoms with Gasteiger partial charge in [-0.15, -0.1) is 35.0 Å². The van der Waals surface area contributed by atoms with Gasteiger partial charge in [0.25, 0.3) is 0 Å². The van der Waals surface area contributed by atoms with E-state index < -0.39 is 0 Å². The first-order valence-electron chi connectivity index (χ1n) is 5.82. The summed E-state index contributed by atoms with van der Waals surface area (Å²) in [5.41, 5.74) is 2.44. The van der Waals surface area contributed by atoms with E-state index in [1.54, 1.807) is 11.8 Å². The van der Waals surface area contributed by atoms with Crippen molar-refractivity contribution in [2.45, 2.75) is 14.8 Å². The van der Waals surface area contributed by atoms with E-state index in [1.165, 1.54) is 11.1 Å². The molecule has 0 bridgehead atoms. The molecule has 92 valence electrons. The SMILES string of the molecule is Cl[C@H]1SC(c2ccccc2)(c2ccccc2)[C@H]1Cl. The summed E-state index contributed by atoms with van der Waals surface area (Å²) in [6.07, 6.45) is 0. The predicted molar refractivity (Wildman–Crippen MR) is 80.5 cm³/mol. The monoisotopic (exact) mass is 294 g/mol. The lowest BCUT2D eigenvalue weighted by Crippen LogP contribution is -2.49. The third kappa shape index (κ3) is 1.77. The van der Waals surface area contributed by atoms with E-state index in [4.69, 9.17) is 23.2 Å². The van der Waals surface area contributed by atoms with Gasteiger partial charge in [-0.05, 0) is 11.1 Å². The summed E-state index contributed by atoms with van der Waals surface area (Å²) in [5.74, 6) is 0. The highest BCUT2D eigenvalue weighted by Crippen LogP contribution is 2.61. The second-order valence-corrected chi connectivity index (χ2v) is 6.93. The minimum absolute atomic E-state index is 0.0351. The molecule has 18 heavy (non-hydrogen) atoms. The van der Waals surface area contributed by atoms with E-state index >= 15 is 0 Å². The molecule has 0 N–H and O–H groups in total. The maximum absolute atomic E-state index is 6.54. The number of thioether (sulfide) groups is 1. The fraction of sp³-hybridized carbons (Fsp3) is 0.200. The van der Waals surface area contributed by atoms with E-state index in [2.05, 4.69) is 24.3 Å². The van der Waals surface area contributed by atoms with Crippen LogP contribution in [0.15, 0.2) is 60.7 Å². The summed E-state index contributed by atoms with van der Waals surface area (Å²) in [5, 5.41) is -0.0889. The van der Waals surface area contributed by atoms with Crippen LogP contribution in [0.4, 0.5) is 0 Å². The zero-order valence-electron chi connectivity index (χ0n) is 9.59. The number of benzene rings is 2. The molecule has 1 aliphatic heterocycles. The zero-order valence-corrected chi connectivity index (χ0v) is 11.9. The number of hydrogen-bond donors (Lipinski definition) is 0. The first-order valence-corrected chi connectivity index (χ1v) is 7.57. The van der Waals surface area contributed by atoms with Gasteiger partial charge in [-0.1, -0.05) is 60.7 Å². The Kier molecular flexibility index (Phi) is 3.31. The maximum Gasteiger partial charge on any atom is 0.0985 e. The van der Waals surface area contributed by atoms with Crippen molar-refractivity contribution in [1.82, 2.24) is 0 Å². The summed E-state index contributed by atoms with van der Waals surface area (Å²) in [4.78, 5) is 0. The third-order valence-corrected chi connectivity index (χ3v) is 6.42. The van der Waals surface area contributed by atoms with Crippen LogP contribution in [0.3, 0.4) is 0 Å². The van der Waals surface area contributed by atoms with Gasteiger partial charge in [0, 0.05) is 0 Å². The van der Waals surface area contributed by atoms with Crippen LogP contribution >= 0.6 is 35.0 Å². The predicted octanol–water partition coefficient (Wildman–Crippen LogP) is 4.85. The fourth-order valence-electron chi connectivity index (χ4n) is 2.41. The van der Waals surface area contributed by atoms with Gasteiger partial charge in [0.1, 0.15) is 0 Å². The Morgan fingerprint density at radius 2 is 1.22 bits per heavy atom. The van der Waals surface area contributed by atoms with Crippen molar-refractivity contribution < 1.29 is 0 Å². The average Bonchev–Trinajstić information content (AvgIpc) is 2.46. The summed E-state index contributed by atoms with van der Waals surface area (Å²) < 4.78 is -0.247. The Labute approximate surface area is 121 Å². The van der Waals surface area contributed by atoms with Gasteiger partial charge in [0.15, 0.2) is 0 Å². The molecule has 1 aliphatic rings. The Balaban J connectivity index is 2.12. The maximum atomic E-state index is 6.54. The standard InChI is InChI=1S/C15H12Cl2S/c16-13-14(17)18-15(13,11-7-3-1-4-8-11)12-9-5-2-6-10-12/h1-10,13-14H/t13-,14-/m0/s1. The molecule has 3 heteroatoms. The third-order valence-electron chi connectivity index (χ3n) is 3.32. The Morgan fingerprint density at radius 3 is 1.56 bits per heavy atom. The van der Waals surface area contributed by atoms with Gasteiger partial charge in [-0.3, -0.25) is 0 Å². The molecule has 0 aromatic heterocycles. The number of rotatable bonds is 2. The van der Waals surface area contributed by atoms with Crippen molar-refractivity contribution in [3.8, 4) is 0 Å². The van der Waals surface area contributed by atoms with Crippen LogP contribution in [0.25, 0.3) is 0 Å². The van der Waals surface area contributed by atoms with Gasteiger partial charge in [0.2, 0.25) is 0 Å². The van der Waals surface area contributed by atoms with Crippen molar-refractivity contribution in [2.75, 3.05) is 0 Å². The van der Waals surface area contributed by atoms with Gasteiger partial charge in [0.05, 0.1) is 14.8 Å². The van der Waals surface area contributed by atoms with Gasteiger partial charge in [-0.25, -0.2) is 0 Å². The molecule has 0 amide bonds. The van der Waals surface area contributed by atoms with Crippen LogP contribution in [0.1, 0.15) is 11.1 Å². The first kappa shape index (κ1) is 12.4. The summed E-state index contributed by atoms with van der Waals surface area (Å²) in [7, 11) is 0. The minimum atomic E-state index is -0.212. The largest absolute Gasteiger partial charge is 0.122 e. The highest BCUT2D eigenvalue weighted by atomic mass is 35.5. The van der Waals surface area contributed by atoms with E-state index in [0.717, 1.165) is 0 Å². The summed E-state index contributed by atoms with van der Waals surface area (Å²) in [6.45, 7) is 0. The molecule has 3 rings (SSSR count). The molecule has 1 fully saturated rings. The Morgan fingerprint density at radius 1 is 0.778 bits per heavy atom. The topological polar surface area (TPSA) is 0 Å². The van der Waals surface area contributed by atoms with Gasteiger partial charge >= 0.3 is 0 Å². The minimum Gasteiger partial charge on any atom is -0.122 e. The lowest BCUT2D eigenvalue weighted by atomic mass is 9.86. The Bertz CT molecular complexity index is 487.